The first-order valence-corrected chi connectivity index (χ1v) is 9.80. The van der Waals surface area contributed by atoms with Crippen molar-refractivity contribution >= 4 is 23.4 Å². The molecule has 0 unspecified atom stereocenters. The number of nitrogens with one attached hydrogen (secondary N) is 1. The lowest BCUT2D eigenvalue weighted by Gasteiger charge is -2.16. The highest BCUT2D eigenvalue weighted by molar-refractivity contribution is 6.21. The van der Waals surface area contributed by atoms with Crippen LogP contribution in [0.15, 0.2) is 66.7 Å². The average Bonchev–Trinajstić information content (AvgIpc) is 3.03. The second kappa shape index (κ2) is 8.42. The summed E-state index contributed by atoms with van der Waals surface area (Å²) in [5.74, 6) is -1.40. The van der Waals surface area contributed by atoms with Crippen LogP contribution in [0.1, 0.15) is 42.2 Å². The van der Waals surface area contributed by atoms with Crippen molar-refractivity contribution in [2.45, 2.75) is 12.7 Å². The van der Waals surface area contributed by atoms with Gasteiger partial charge >= 0.3 is 6.18 Å². The van der Waals surface area contributed by atoms with Crippen molar-refractivity contribution in [2.24, 2.45) is 0 Å². The maximum Gasteiger partial charge on any atom is 0.416 e. The second-order valence-corrected chi connectivity index (χ2v) is 7.31. The molecule has 1 heterocycles. The normalized spacial score (nSPS) is 13.2. The van der Waals surface area contributed by atoms with Crippen LogP contribution in [0, 0.1) is 0 Å². The van der Waals surface area contributed by atoms with Gasteiger partial charge in [-0.3, -0.25) is 19.3 Å². The lowest BCUT2D eigenvalue weighted by Crippen LogP contribution is -2.29. The number of carbonyl (C=O) groups is 3. The van der Waals surface area contributed by atoms with Gasteiger partial charge in [0.1, 0.15) is 5.75 Å². The Morgan fingerprint density at radius 1 is 0.939 bits per heavy atom. The van der Waals surface area contributed by atoms with Crippen LogP contribution in [0.3, 0.4) is 0 Å². The Hall–Kier alpha value is -4.14. The Morgan fingerprint density at radius 3 is 2.21 bits per heavy atom. The number of anilines is 1. The zero-order valence-electron chi connectivity index (χ0n) is 17.3. The molecule has 9 heteroatoms. The smallest absolute Gasteiger partial charge is 0.416 e. The van der Waals surface area contributed by atoms with Crippen LogP contribution >= 0.6 is 0 Å². The largest absolute Gasteiger partial charge is 0.496 e. The first-order valence-electron chi connectivity index (χ1n) is 9.80. The molecule has 1 N–H and O–H groups in total. The van der Waals surface area contributed by atoms with E-state index in [1.54, 1.807) is 30.3 Å². The fourth-order valence-corrected chi connectivity index (χ4v) is 3.57. The highest BCUT2D eigenvalue weighted by atomic mass is 19.4. The van der Waals surface area contributed by atoms with Gasteiger partial charge in [-0.2, -0.15) is 13.2 Å². The van der Waals surface area contributed by atoms with E-state index in [0.717, 1.165) is 17.0 Å². The monoisotopic (exact) mass is 454 g/mol. The number of fused-ring (bicyclic) bond motifs is 1. The zero-order valence-corrected chi connectivity index (χ0v) is 17.3. The van der Waals surface area contributed by atoms with E-state index >= 15 is 0 Å². The molecule has 3 aromatic carbocycles. The van der Waals surface area contributed by atoms with Crippen LogP contribution in [0.2, 0.25) is 0 Å². The van der Waals surface area contributed by atoms with Crippen molar-refractivity contribution in [3.05, 3.63) is 94.5 Å². The van der Waals surface area contributed by atoms with E-state index in [9.17, 15) is 27.6 Å². The van der Waals surface area contributed by atoms with Crippen molar-refractivity contribution in [3.63, 3.8) is 0 Å². The summed E-state index contributed by atoms with van der Waals surface area (Å²) in [5.41, 5.74) is 0.190. The van der Waals surface area contributed by atoms with E-state index < -0.39 is 29.5 Å². The molecule has 0 fully saturated rings. The molecule has 0 radical (unpaired) electrons. The molecule has 1 aliphatic rings. The Bertz CT molecular complexity index is 1240. The molecular weight excluding hydrogens is 437 g/mol. The predicted octanol–water partition coefficient (Wildman–Crippen LogP) is 4.76. The second-order valence-electron chi connectivity index (χ2n) is 7.31. The quantitative estimate of drug-likeness (QED) is 0.564. The van der Waals surface area contributed by atoms with Gasteiger partial charge in [-0.05, 0) is 48.0 Å². The number of hydrogen-bond acceptors (Lipinski definition) is 4. The van der Waals surface area contributed by atoms with E-state index in [1.807, 2.05) is 0 Å². The SMILES string of the molecule is COc1ccc(CN2C(=O)c3ccccc3C2=O)cc1C(=O)Nc1cccc(C(F)(F)F)c1. The molecule has 33 heavy (non-hydrogen) atoms. The third-order valence-electron chi connectivity index (χ3n) is 5.18. The fraction of sp³-hybridized carbons (Fsp3) is 0.125. The van der Waals surface area contributed by atoms with Crippen molar-refractivity contribution < 1.29 is 32.3 Å². The third-order valence-corrected chi connectivity index (χ3v) is 5.18. The van der Waals surface area contributed by atoms with Gasteiger partial charge in [0.05, 0.1) is 35.9 Å². The molecular formula is C24H17F3N2O4. The zero-order chi connectivity index (χ0) is 23.8. The van der Waals surface area contributed by atoms with Gasteiger partial charge in [0.2, 0.25) is 0 Å². The number of carbonyl (C=O) groups excluding carboxylic acids is 3. The molecule has 6 nitrogen and oxygen atoms in total. The van der Waals surface area contributed by atoms with Gasteiger partial charge in [0.25, 0.3) is 17.7 Å². The van der Waals surface area contributed by atoms with Gasteiger partial charge in [-0.15, -0.1) is 0 Å². The molecule has 4 rings (SSSR count). The first-order chi connectivity index (χ1) is 15.7. The molecule has 0 saturated heterocycles. The highest BCUT2D eigenvalue weighted by Crippen LogP contribution is 2.31. The number of halogens is 3. The third kappa shape index (κ3) is 4.30. The number of ether oxygens (including phenoxy) is 1. The van der Waals surface area contributed by atoms with E-state index in [1.165, 1.54) is 31.4 Å². The number of methoxy groups -OCH3 is 1. The molecule has 0 spiro atoms. The molecule has 0 aliphatic carbocycles. The maximum atomic E-state index is 13.0. The summed E-state index contributed by atoms with van der Waals surface area (Å²) in [5, 5.41) is 2.43. The van der Waals surface area contributed by atoms with E-state index in [2.05, 4.69) is 5.32 Å². The Kier molecular flexibility index (Phi) is 5.63. The summed E-state index contributed by atoms with van der Waals surface area (Å²) >= 11 is 0. The summed E-state index contributed by atoms with van der Waals surface area (Å²) in [6, 6.07) is 15.2. The number of rotatable bonds is 5. The summed E-state index contributed by atoms with van der Waals surface area (Å²) < 4.78 is 44.1. The lowest BCUT2D eigenvalue weighted by molar-refractivity contribution is -0.137. The van der Waals surface area contributed by atoms with Crippen LogP contribution in [0.25, 0.3) is 0 Å². The van der Waals surface area contributed by atoms with Crippen LogP contribution in [-0.4, -0.2) is 29.7 Å². The lowest BCUT2D eigenvalue weighted by atomic mass is 10.1. The summed E-state index contributed by atoms with van der Waals surface area (Å²) in [6.45, 7) is -0.0832. The minimum atomic E-state index is -4.55. The van der Waals surface area contributed by atoms with Crippen molar-refractivity contribution in [1.82, 2.24) is 4.90 Å². The van der Waals surface area contributed by atoms with Crippen molar-refractivity contribution in [3.8, 4) is 5.75 Å². The standard InChI is InChI=1S/C24H17F3N2O4/c1-33-20-10-9-14(13-29-22(31)17-7-2-3-8-18(17)23(29)32)11-19(20)21(30)28-16-6-4-5-15(12-16)24(25,26)27/h2-12H,13H2,1H3,(H,28,30). The van der Waals surface area contributed by atoms with Crippen LogP contribution < -0.4 is 10.1 Å². The van der Waals surface area contributed by atoms with Gasteiger partial charge in [0, 0.05) is 5.69 Å². The molecule has 1 aliphatic heterocycles. The van der Waals surface area contributed by atoms with E-state index in [-0.39, 0.29) is 23.5 Å². The summed E-state index contributed by atoms with van der Waals surface area (Å²) in [6.07, 6.45) is -4.55. The highest BCUT2D eigenvalue weighted by Gasteiger charge is 2.35. The predicted molar refractivity (Wildman–Crippen MR) is 113 cm³/mol. The molecule has 0 saturated carbocycles. The summed E-state index contributed by atoms with van der Waals surface area (Å²) in [7, 11) is 1.35. The minimum Gasteiger partial charge on any atom is -0.496 e. The fourth-order valence-electron chi connectivity index (χ4n) is 3.57. The Morgan fingerprint density at radius 2 is 1.61 bits per heavy atom. The van der Waals surface area contributed by atoms with Crippen LogP contribution in [-0.2, 0) is 12.7 Å². The number of nitrogens with zero attached hydrogens (tertiary/aromatic N) is 1. The Balaban J connectivity index is 1.58. The molecule has 3 amide bonds. The molecule has 0 atom stereocenters. The number of imide groups is 1. The van der Waals surface area contributed by atoms with Gasteiger partial charge < -0.3 is 10.1 Å². The van der Waals surface area contributed by atoms with Crippen molar-refractivity contribution in [2.75, 3.05) is 12.4 Å². The van der Waals surface area contributed by atoms with Gasteiger partial charge in [-0.1, -0.05) is 24.3 Å². The number of benzene rings is 3. The van der Waals surface area contributed by atoms with Gasteiger partial charge in [0.15, 0.2) is 0 Å². The van der Waals surface area contributed by atoms with Crippen LogP contribution in [0.5, 0.6) is 5.75 Å². The molecule has 168 valence electrons. The minimum absolute atomic E-state index is 0.0392. The molecule has 0 aromatic heterocycles. The van der Waals surface area contributed by atoms with Crippen LogP contribution in [0.4, 0.5) is 18.9 Å². The molecule has 3 aromatic rings. The number of amides is 3. The number of hydrogen-bond donors (Lipinski definition) is 1. The molecule has 0 bridgehead atoms. The summed E-state index contributed by atoms with van der Waals surface area (Å²) in [4.78, 5) is 39.1. The van der Waals surface area contributed by atoms with E-state index in [4.69, 9.17) is 4.74 Å². The van der Waals surface area contributed by atoms with Gasteiger partial charge in [-0.25, -0.2) is 0 Å². The number of alkyl halides is 3. The maximum absolute atomic E-state index is 13.0. The average molecular weight is 454 g/mol. The van der Waals surface area contributed by atoms with Crippen molar-refractivity contribution in [1.29, 1.82) is 0 Å². The Labute approximate surface area is 186 Å². The first kappa shape index (κ1) is 22.1. The topological polar surface area (TPSA) is 75.7 Å². The van der Waals surface area contributed by atoms with E-state index in [0.29, 0.717) is 16.7 Å².